The van der Waals surface area contributed by atoms with Gasteiger partial charge in [0.2, 0.25) is 8.32 Å². The van der Waals surface area contributed by atoms with Crippen LogP contribution in [0.15, 0.2) is 12.7 Å². The number of hydrogen-bond acceptors (Lipinski definition) is 5. The SMILES string of the molecule is C=CC(=O)OCCS(=O)(=O)O[Si](C)(C)C. The molecule has 0 aromatic carbocycles. The van der Waals surface area contributed by atoms with Crippen LogP contribution in [0.4, 0.5) is 0 Å². The summed E-state index contributed by atoms with van der Waals surface area (Å²) < 4.78 is 32.1. The number of carbonyl (C=O) groups is 1. The normalized spacial score (nSPS) is 12.2. The third kappa shape index (κ3) is 8.34. The molecule has 0 aromatic rings. The summed E-state index contributed by atoms with van der Waals surface area (Å²) >= 11 is 0. The van der Waals surface area contributed by atoms with Gasteiger partial charge in [-0.25, -0.2) is 13.2 Å². The van der Waals surface area contributed by atoms with Gasteiger partial charge in [0.25, 0.3) is 10.1 Å². The highest BCUT2D eigenvalue weighted by Gasteiger charge is 2.24. The Morgan fingerprint density at radius 1 is 1.40 bits per heavy atom. The average Bonchev–Trinajstić information content (AvgIpc) is 1.98. The first-order valence-corrected chi connectivity index (χ1v) is 9.37. The van der Waals surface area contributed by atoms with E-state index in [1.807, 2.05) is 0 Å². The van der Waals surface area contributed by atoms with Crippen molar-refractivity contribution in [2.45, 2.75) is 19.6 Å². The van der Waals surface area contributed by atoms with Gasteiger partial charge in [0.1, 0.15) is 12.4 Å². The fourth-order valence-electron chi connectivity index (χ4n) is 0.726. The molecule has 0 heterocycles. The van der Waals surface area contributed by atoms with Gasteiger partial charge in [0.15, 0.2) is 0 Å². The Bertz CT molecular complexity index is 327. The van der Waals surface area contributed by atoms with Crippen LogP contribution < -0.4 is 0 Å². The maximum Gasteiger partial charge on any atom is 0.330 e. The second-order valence-electron chi connectivity index (χ2n) is 3.83. The molecule has 0 atom stereocenters. The van der Waals surface area contributed by atoms with E-state index in [-0.39, 0.29) is 12.4 Å². The van der Waals surface area contributed by atoms with Gasteiger partial charge >= 0.3 is 5.97 Å². The first-order chi connectivity index (χ1) is 6.66. The van der Waals surface area contributed by atoms with E-state index in [9.17, 15) is 13.2 Å². The largest absolute Gasteiger partial charge is 0.461 e. The molecule has 0 radical (unpaired) electrons. The molecule has 0 amide bonds. The lowest BCUT2D eigenvalue weighted by Crippen LogP contribution is -2.31. The molecule has 0 spiro atoms. The van der Waals surface area contributed by atoms with Crippen LogP contribution >= 0.6 is 0 Å². The molecular formula is C8H16O5SSi. The van der Waals surface area contributed by atoms with Crippen molar-refractivity contribution in [3.05, 3.63) is 12.7 Å². The fraction of sp³-hybridized carbons (Fsp3) is 0.625. The number of hydrogen-bond donors (Lipinski definition) is 0. The topological polar surface area (TPSA) is 69.7 Å². The van der Waals surface area contributed by atoms with Gasteiger partial charge in [-0.1, -0.05) is 6.58 Å². The van der Waals surface area contributed by atoms with Crippen molar-refractivity contribution in [2.75, 3.05) is 12.4 Å². The lowest BCUT2D eigenvalue weighted by atomic mass is 10.6. The summed E-state index contributed by atoms with van der Waals surface area (Å²) in [4.78, 5) is 10.6. The summed E-state index contributed by atoms with van der Waals surface area (Å²) in [6, 6.07) is 0. The van der Waals surface area contributed by atoms with Crippen molar-refractivity contribution in [1.29, 1.82) is 0 Å². The van der Waals surface area contributed by atoms with Gasteiger partial charge < -0.3 is 8.61 Å². The maximum absolute atomic E-state index is 11.3. The predicted octanol–water partition coefficient (Wildman–Crippen LogP) is 0.897. The van der Waals surface area contributed by atoms with E-state index in [4.69, 9.17) is 3.87 Å². The minimum absolute atomic E-state index is 0.211. The highest BCUT2D eigenvalue weighted by atomic mass is 32.2. The second-order valence-corrected chi connectivity index (χ2v) is 10.2. The van der Waals surface area contributed by atoms with E-state index < -0.39 is 24.4 Å². The van der Waals surface area contributed by atoms with E-state index in [2.05, 4.69) is 11.3 Å². The zero-order valence-electron chi connectivity index (χ0n) is 9.15. The van der Waals surface area contributed by atoms with Crippen LogP contribution in [0.3, 0.4) is 0 Å². The molecule has 0 aliphatic rings. The first-order valence-electron chi connectivity index (χ1n) is 4.39. The Hall–Kier alpha value is -0.663. The molecule has 15 heavy (non-hydrogen) atoms. The summed E-state index contributed by atoms with van der Waals surface area (Å²) in [5.74, 6) is -0.963. The van der Waals surface area contributed by atoms with Gasteiger partial charge in [-0.3, -0.25) is 0 Å². The lowest BCUT2D eigenvalue weighted by molar-refractivity contribution is -0.137. The van der Waals surface area contributed by atoms with E-state index >= 15 is 0 Å². The van der Waals surface area contributed by atoms with Crippen molar-refractivity contribution in [3.8, 4) is 0 Å². The molecule has 0 saturated carbocycles. The number of rotatable bonds is 6. The quantitative estimate of drug-likeness (QED) is 0.399. The molecule has 5 nitrogen and oxygen atoms in total. The molecule has 0 bridgehead atoms. The number of ether oxygens (including phenoxy) is 1. The number of esters is 1. The Morgan fingerprint density at radius 2 is 1.93 bits per heavy atom. The van der Waals surface area contributed by atoms with Gasteiger partial charge in [-0.05, 0) is 19.6 Å². The smallest absolute Gasteiger partial charge is 0.330 e. The average molecular weight is 252 g/mol. The van der Waals surface area contributed by atoms with Crippen molar-refractivity contribution in [1.82, 2.24) is 0 Å². The van der Waals surface area contributed by atoms with Crippen LogP contribution in [0.2, 0.25) is 19.6 Å². The Balaban J connectivity index is 4.07. The minimum Gasteiger partial charge on any atom is -0.461 e. The van der Waals surface area contributed by atoms with Crippen LogP contribution in [0.1, 0.15) is 0 Å². The van der Waals surface area contributed by atoms with Gasteiger partial charge in [-0.15, -0.1) is 0 Å². The predicted molar refractivity (Wildman–Crippen MR) is 59.4 cm³/mol. The van der Waals surface area contributed by atoms with Crippen LogP contribution in [-0.4, -0.2) is 35.1 Å². The number of carbonyl (C=O) groups excluding carboxylic acids is 1. The fourth-order valence-corrected chi connectivity index (χ4v) is 4.39. The highest BCUT2D eigenvalue weighted by molar-refractivity contribution is 7.87. The summed E-state index contributed by atoms with van der Waals surface area (Å²) in [6.07, 6.45) is 0.978. The van der Waals surface area contributed by atoms with Crippen molar-refractivity contribution in [3.63, 3.8) is 0 Å². The van der Waals surface area contributed by atoms with Crippen molar-refractivity contribution >= 4 is 24.4 Å². The molecule has 0 aliphatic carbocycles. The minimum atomic E-state index is -3.59. The first kappa shape index (κ1) is 14.3. The van der Waals surface area contributed by atoms with Crippen LogP contribution in [-0.2, 0) is 23.5 Å². The van der Waals surface area contributed by atoms with Crippen molar-refractivity contribution < 1.29 is 21.8 Å². The second kappa shape index (κ2) is 5.43. The molecule has 88 valence electrons. The molecule has 7 heteroatoms. The molecule has 0 aliphatic heterocycles. The summed E-state index contributed by atoms with van der Waals surface area (Å²) in [5.41, 5.74) is 0. The molecule has 0 unspecified atom stereocenters. The van der Waals surface area contributed by atoms with Crippen LogP contribution in [0, 0.1) is 0 Å². The van der Waals surface area contributed by atoms with E-state index in [1.54, 1.807) is 19.6 Å². The zero-order chi connectivity index (χ0) is 12.1. The van der Waals surface area contributed by atoms with Crippen LogP contribution in [0.5, 0.6) is 0 Å². The third-order valence-corrected chi connectivity index (χ3v) is 4.80. The Kier molecular flexibility index (Phi) is 5.19. The maximum atomic E-state index is 11.3. The van der Waals surface area contributed by atoms with Gasteiger partial charge in [-0.2, -0.15) is 0 Å². The van der Waals surface area contributed by atoms with Crippen molar-refractivity contribution in [2.24, 2.45) is 0 Å². The van der Waals surface area contributed by atoms with E-state index in [0.717, 1.165) is 6.08 Å². The summed E-state index contributed by atoms with van der Waals surface area (Å²) in [6.45, 7) is 8.27. The Labute approximate surface area is 91.3 Å². The zero-order valence-corrected chi connectivity index (χ0v) is 11.0. The summed E-state index contributed by atoms with van der Waals surface area (Å²) in [7, 11) is -5.72. The highest BCUT2D eigenvalue weighted by Crippen LogP contribution is 2.08. The molecule has 0 N–H and O–H groups in total. The molecule has 0 aromatic heterocycles. The summed E-state index contributed by atoms with van der Waals surface area (Å²) in [5, 5.41) is 0. The monoisotopic (exact) mass is 252 g/mol. The van der Waals surface area contributed by atoms with Crippen LogP contribution in [0.25, 0.3) is 0 Å². The van der Waals surface area contributed by atoms with E-state index in [1.165, 1.54) is 0 Å². The molecule has 0 saturated heterocycles. The van der Waals surface area contributed by atoms with Gasteiger partial charge in [0.05, 0.1) is 0 Å². The van der Waals surface area contributed by atoms with Gasteiger partial charge in [0, 0.05) is 6.08 Å². The van der Waals surface area contributed by atoms with E-state index in [0.29, 0.717) is 0 Å². The molecular weight excluding hydrogens is 236 g/mol. The standard InChI is InChI=1S/C8H16O5SSi/c1-5-8(9)12-6-7-14(10,11)13-15(2,3)4/h5H,1,6-7H2,2-4H3. The third-order valence-electron chi connectivity index (χ3n) is 1.12. The molecule has 0 fully saturated rings. The Morgan fingerprint density at radius 3 is 2.33 bits per heavy atom. The molecule has 0 rings (SSSR count). The lowest BCUT2D eigenvalue weighted by Gasteiger charge is -2.16.